The summed E-state index contributed by atoms with van der Waals surface area (Å²) in [5.41, 5.74) is 2.28. The van der Waals surface area contributed by atoms with E-state index in [1.807, 2.05) is 43.3 Å². The molecular formula is C13H14O2. The van der Waals surface area contributed by atoms with Crippen LogP contribution in [0.15, 0.2) is 48.7 Å². The second-order valence-corrected chi connectivity index (χ2v) is 3.15. The van der Waals surface area contributed by atoms with Crippen molar-refractivity contribution in [2.24, 2.45) is 0 Å². The molecule has 0 aromatic heterocycles. The smallest absolute Gasteiger partial charge is 0.307 e. The maximum atomic E-state index is 10.5. The fourth-order valence-electron chi connectivity index (χ4n) is 1.12. The molecule has 2 nitrogen and oxygen atoms in total. The Kier molecular flexibility index (Phi) is 4.35. The third-order valence-electron chi connectivity index (χ3n) is 1.89. The predicted molar refractivity (Wildman–Crippen MR) is 61.0 cm³/mol. The van der Waals surface area contributed by atoms with Crippen LogP contribution in [0.3, 0.4) is 0 Å². The molecule has 0 aliphatic heterocycles. The van der Waals surface area contributed by atoms with E-state index in [2.05, 4.69) is 4.74 Å². The summed E-state index contributed by atoms with van der Waals surface area (Å²) < 4.78 is 4.66. The highest BCUT2D eigenvalue weighted by Gasteiger charge is 1.91. The number of hydrogen-bond acceptors (Lipinski definition) is 2. The van der Waals surface area contributed by atoms with Crippen LogP contribution in [-0.2, 0) is 9.53 Å². The van der Waals surface area contributed by atoms with Gasteiger partial charge in [-0.05, 0) is 24.1 Å². The van der Waals surface area contributed by atoms with Crippen molar-refractivity contribution in [1.82, 2.24) is 0 Å². The van der Waals surface area contributed by atoms with Gasteiger partial charge < -0.3 is 4.74 Å². The van der Waals surface area contributed by atoms with E-state index >= 15 is 0 Å². The van der Waals surface area contributed by atoms with E-state index in [0.717, 1.165) is 11.1 Å². The van der Waals surface area contributed by atoms with Gasteiger partial charge in [0.25, 0.3) is 0 Å². The number of esters is 1. The Morgan fingerprint density at radius 1 is 1.20 bits per heavy atom. The molecule has 15 heavy (non-hydrogen) atoms. The second-order valence-electron chi connectivity index (χ2n) is 3.15. The van der Waals surface area contributed by atoms with Crippen LogP contribution in [0.1, 0.15) is 19.4 Å². The quantitative estimate of drug-likeness (QED) is 0.427. The molecule has 0 heterocycles. The number of hydrogen-bond donors (Lipinski definition) is 0. The van der Waals surface area contributed by atoms with Crippen LogP contribution in [0, 0.1) is 0 Å². The molecule has 0 radical (unpaired) electrons. The van der Waals surface area contributed by atoms with Crippen LogP contribution in [0.2, 0.25) is 0 Å². The number of carbonyl (C=O) groups is 1. The lowest BCUT2D eigenvalue weighted by Crippen LogP contribution is -1.88. The SMILES string of the molecule is CC(=O)OC=CC=C(C)c1ccccc1. The topological polar surface area (TPSA) is 26.3 Å². The Labute approximate surface area is 89.9 Å². The molecule has 0 amide bonds. The summed E-state index contributed by atoms with van der Waals surface area (Å²) in [5.74, 6) is -0.308. The van der Waals surface area contributed by atoms with Crippen LogP contribution in [0.5, 0.6) is 0 Å². The van der Waals surface area contributed by atoms with Gasteiger partial charge >= 0.3 is 5.97 Å². The van der Waals surface area contributed by atoms with Crippen LogP contribution >= 0.6 is 0 Å². The Bertz CT molecular complexity index is 375. The Balaban J connectivity index is 2.61. The Morgan fingerprint density at radius 2 is 1.87 bits per heavy atom. The zero-order valence-corrected chi connectivity index (χ0v) is 8.94. The van der Waals surface area contributed by atoms with Gasteiger partial charge in [-0.2, -0.15) is 0 Å². The summed E-state index contributed by atoms with van der Waals surface area (Å²) >= 11 is 0. The lowest BCUT2D eigenvalue weighted by atomic mass is 10.1. The Morgan fingerprint density at radius 3 is 2.47 bits per heavy atom. The average molecular weight is 202 g/mol. The molecule has 78 valence electrons. The number of benzene rings is 1. The molecule has 1 rings (SSSR count). The molecule has 0 aliphatic rings. The van der Waals surface area contributed by atoms with Crippen molar-refractivity contribution >= 4 is 11.5 Å². The van der Waals surface area contributed by atoms with Crippen molar-refractivity contribution in [2.45, 2.75) is 13.8 Å². The first-order valence-electron chi connectivity index (χ1n) is 4.76. The van der Waals surface area contributed by atoms with Gasteiger partial charge in [-0.15, -0.1) is 0 Å². The normalized spacial score (nSPS) is 11.7. The molecule has 0 saturated carbocycles. The van der Waals surface area contributed by atoms with E-state index in [1.165, 1.54) is 13.2 Å². The van der Waals surface area contributed by atoms with E-state index in [-0.39, 0.29) is 5.97 Å². The standard InChI is InChI=1S/C13H14O2/c1-11(7-6-10-15-12(2)14)13-8-4-3-5-9-13/h3-10H,1-2H3. The summed E-state index contributed by atoms with van der Waals surface area (Å²) in [6, 6.07) is 10.0. The number of ether oxygens (including phenoxy) is 1. The van der Waals surface area contributed by atoms with Crippen LogP contribution in [0.25, 0.3) is 5.57 Å². The monoisotopic (exact) mass is 202 g/mol. The molecule has 0 N–H and O–H groups in total. The predicted octanol–water partition coefficient (Wildman–Crippen LogP) is 3.17. The maximum absolute atomic E-state index is 10.5. The van der Waals surface area contributed by atoms with Crippen LogP contribution in [0.4, 0.5) is 0 Å². The van der Waals surface area contributed by atoms with Crippen LogP contribution < -0.4 is 0 Å². The van der Waals surface area contributed by atoms with E-state index in [0.29, 0.717) is 0 Å². The Hall–Kier alpha value is -1.83. The minimum atomic E-state index is -0.308. The van der Waals surface area contributed by atoms with Gasteiger partial charge in [0.15, 0.2) is 0 Å². The van der Waals surface area contributed by atoms with Crippen molar-refractivity contribution in [3.05, 3.63) is 54.3 Å². The minimum absolute atomic E-state index is 0.308. The minimum Gasteiger partial charge on any atom is -0.435 e. The lowest BCUT2D eigenvalue weighted by molar-refractivity contribution is -0.135. The van der Waals surface area contributed by atoms with E-state index < -0.39 is 0 Å². The lowest BCUT2D eigenvalue weighted by Gasteiger charge is -1.98. The summed E-state index contributed by atoms with van der Waals surface area (Å²) in [5, 5.41) is 0. The first kappa shape index (κ1) is 11.2. The molecule has 2 heteroatoms. The van der Waals surface area contributed by atoms with Crippen LogP contribution in [-0.4, -0.2) is 5.97 Å². The summed E-state index contributed by atoms with van der Waals surface area (Å²) in [4.78, 5) is 10.5. The van der Waals surface area contributed by atoms with Gasteiger partial charge in [0.05, 0.1) is 6.26 Å². The third kappa shape index (κ3) is 4.27. The molecule has 1 aromatic carbocycles. The third-order valence-corrected chi connectivity index (χ3v) is 1.89. The largest absolute Gasteiger partial charge is 0.435 e. The summed E-state index contributed by atoms with van der Waals surface area (Å²) in [7, 11) is 0. The molecule has 0 atom stereocenters. The van der Waals surface area contributed by atoms with Crippen molar-refractivity contribution in [3.8, 4) is 0 Å². The first-order chi connectivity index (χ1) is 7.20. The van der Waals surface area contributed by atoms with Gasteiger partial charge in [0.2, 0.25) is 0 Å². The van der Waals surface area contributed by atoms with Gasteiger partial charge in [-0.3, -0.25) is 4.79 Å². The van der Waals surface area contributed by atoms with E-state index in [4.69, 9.17) is 0 Å². The maximum Gasteiger partial charge on any atom is 0.307 e. The summed E-state index contributed by atoms with van der Waals surface area (Å²) in [6.45, 7) is 3.38. The van der Waals surface area contributed by atoms with Crippen molar-refractivity contribution < 1.29 is 9.53 Å². The fourth-order valence-corrected chi connectivity index (χ4v) is 1.12. The summed E-state index contributed by atoms with van der Waals surface area (Å²) in [6.07, 6.45) is 5.00. The van der Waals surface area contributed by atoms with Crippen molar-refractivity contribution in [2.75, 3.05) is 0 Å². The molecule has 1 aromatic rings. The number of allylic oxidation sites excluding steroid dienone is 3. The molecule has 0 saturated heterocycles. The first-order valence-corrected chi connectivity index (χ1v) is 4.76. The van der Waals surface area contributed by atoms with E-state index in [9.17, 15) is 4.79 Å². The molecule has 0 spiro atoms. The van der Waals surface area contributed by atoms with Crippen molar-refractivity contribution in [1.29, 1.82) is 0 Å². The van der Waals surface area contributed by atoms with Gasteiger partial charge in [0.1, 0.15) is 0 Å². The van der Waals surface area contributed by atoms with E-state index in [1.54, 1.807) is 6.08 Å². The molecule has 0 unspecified atom stereocenters. The highest BCUT2D eigenvalue weighted by atomic mass is 16.5. The molecule has 0 bridgehead atoms. The molecule has 0 aliphatic carbocycles. The second kappa shape index (κ2) is 5.81. The average Bonchev–Trinajstić information content (AvgIpc) is 2.25. The van der Waals surface area contributed by atoms with Gasteiger partial charge in [-0.1, -0.05) is 36.4 Å². The number of rotatable bonds is 3. The zero-order chi connectivity index (χ0) is 11.1. The molecule has 0 fully saturated rings. The zero-order valence-electron chi connectivity index (χ0n) is 8.94. The number of carbonyl (C=O) groups excluding carboxylic acids is 1. The van der Waals surface area contributed by atoms with Crippen molar-refractivity contribution in [3.63, 3.8) is 0 Å². The molecular weight excluding hydrogens is 188 g/mol. The fraction of sp³-hybridized carbons (Fsp3) is 0.154. The van der Waals surface area contributed by atoms with Gasteiger partial charge in [-0.25, -0.2) is 0 Å². The highest BCUT2D eigenvalue weighted by Crippen LogP contribution is 2.12. The highest BCUT2D eigenvalue weighted by molar-refractivity contribution is 5.67. The van der Waals surface area contributed by atoms with Gasteiger partial charge in [0, 0.05) is 6.92 Å².